The first-order valence-electron chi connectivity index (χ1n) is 5.87. The van der Waals surface area contributed by atoms with E-state index in [-0.39, 0.29) is 5.92 Å². The first kappa shape index (κ1) is 10.9. The number of hydrogen-bond acceptors (Lipinski definition) is 3. The summed E-state index contributed by atoms with van der Waals surface area (Å²) in [5.41, 5.74) is 0. The topological polar surface area (TPSA) is 41.6 Å². The van der Waals surface area contributed by atoms with Gasteiger partial charge in [-0.1, -0.05) is 0 Å². The Kier molecular flexibility index (Phi) is 3.59. The Balaban J connectivity index is 1.88. The second-order valence-electron chi connectivity index (χ2n) is 4.53. The summed E-state index contributed by atoms with van der Waals surface area (Å²) in [6.45, 7) is 6.27. The van der Waals surface area contributed by atoms with Crippen molar-refractivity contribution in [3.05, 3.63) is 0 Å². The second-order valence-corrected chi connectivity index (χ2v) is 4.53. The van der Waals surface area contributed by atoms with Gasteiger partial charge in [0.2, 0.25) is 5.91 Å². The molecule has 4 heteroatoms. The third-order valence-corrected chi connectivity index (χ3v) is 3.25. The quantitative estimate of drug-likeness (QED) is 0.676. The molecule has 1 atom stereocenters. The highest BCUT2D eigenvalue weighted by Crippen LogP contribution is 2.18. The van der Waals surface area contributed by atoms with Crippen LogP contribution in [0.1, 0.15) is 19.8 Å². The van der Waals surface area contributed by atoms with Crippen LogP contribution >= 0.6 is 0 Å². The largest absolute Gasteiger partial charge is 0.381 e. The molecule has 1 unspecified atom stereocenters. The molecule has 4 nitrogen and oxygen atoms in total. The fourth-order valence-corrected chi connectivity index (χ4v) is 2.34. The van der Waals surface area contributed by atoms with Gasteiger partial charge in [-0.15, -0.1) is 0 Å². The summed E-state index contributed by atoms with van der Waals surface area (Å²) in [6.07, 6.45) is 1.80. The number of amides is 1. The second kappa shape index (κ2) is 4.94. The number of ether oxygens (including phenoxy) is 1. The lowest BCUT2D eigenvalue weighted by molar-refractivity contribution is -0.139. The van der Waals surface area contributed by atoms with Crippen molar-refractivity contribution in [1.29, 1.82) is 0 Å². The van der Waals surface area contributed by atoms with E-state index in [1.807, 2.05) is 4.90 Å². The number of nitrogens with zero attached hydrogens (tertiary/aromatic N) is 1. The molecular weight excluding hydrogens is 192 g/mol. The standard InChI is InChI=1S/C11H20N2O2/c1-9-8-13(5-4-12-9)11(14)10-2-6-15-7-3-10/h9-10,12H,2-8H2,1H3. The predicted octanol–water partition coefficient (Wildman–Crippen LogP) is 0.233. The minimum atomic E-state index is 0.212. The van der Waals surface area contributed by atoms with Gasteiger partial charge < -0.3 is 15.0 Å². The first-order chi connectivity index (χ1) is 7.27. The molecule has 2 rings (SSSR count). The summed E-state index contributed by atoms with van der Waals surface area (Å²) in [7, 11) is 0. The van der Waals surface area contributed by atoms with Crippen LogP contribution in [0.25, 0.3) is 0 Å². The van der Waals surface area contributed by atoms with Crippen LogP contribution in [-0.4, -0.2) is 49.7 Å². The normalized spacial score (nSPS) is 29.1. The van der Waals surface area contributed by atoms with Crippen molar-refractivity contribution < 1.29 is 9.53 Å². The summed E-state index contributed by atoms with van der Waals surface area (Å²) >= 11 is 0. The van der Waals surface area contributed by atoms with Crippen molar-refractivity contribution >= 4 is 5.91 Å². The van der Waals surface area contributed by atoms with Gasteiger partial charge in [0.15, 0.2) is 0 Å². The summed E-state index contributed by atoms with van der Waals surface area (Å²) in [4.78, 5) is 14.2. The van der Waals surface area contributed by atoms with Crippen LogP contribution in [0.4, 0.5) is 0 Å². The molecule has 2 heterocycles. The summed E-state index contributed by atoms with van der Waals surface area (Å²) in [6, 6.07) is 0.433. The molecular formula is C11H20N2O2. The third-order valence-electron chi connectivity index (χ3n) is 3.25. The number of piperazine rings is 1. The van der Waals surface area contributed by atoms with E-state index in [4.69, 9.17) is 4.74 Å². The molecule has 2 aliphatic heterocycles. The van der Waals surface area contributed by atoms with Crippen molar-refractivity contribution in [1.82, 2.24) is 10.2 Å². The van der Waals surface area contributed by atoms with Crippen LogP contribution in [0.2, 0.25) is 0 Å². The molecule has 0 aromatic rings. The Morgan fingerprint density at radius 2 is 2.13 bits per heavy atom. The molecule has 15 heavy (non-hydrogen) atoms. The van der Waals surface area contributed by atoms with Crippen LogP contribution in [0.3, 0.4) is 0 Å². The Labute approximate surface area is 91.0 Å². The van der Waals surface area contributed by atoms with E-state index < -0.39 is 0 Å². The summed E-state index contributed by atoms with van der Waals surface area (Å²) in [5.74, 6) is 0.552. The van der Waals surface area contributed by atoms with Crippen molar-refractivity contribution in [2.45, 2.75) is 25.8 Å². The molecule has 0 aromatic heterocycles. The van der Waals surface area contributed by atoms with Gasteiger partial charge in [0.05, 0.1) is 0 Å². The zero-order valence-corrected chi connectivity index (χ0v) is 9.37. The van der Waals surface area contributed by atoms with E-state index in [2.05, 4.69) is 12.2 Å². The molecule has 86 valence electrons. The van der Waals surface area contributed by atoms with Crippen LogP contribution in [0.15, 0.2) is 0 Å². The molecule has 0 saturated carbocycles. The van der Waals surface area contributed by atoms with E-state index in [0.29, 0.717) is 11.9 Å². The van der Waals surface area contributed by atoms with Crippen molar-refractivity contribution in [2.24, 2.45) is 5.92 Å². The Hall–Kier alpha value is -0.610. The molecule has 1 amide bonds. The van der Waals surface area contributed by atoms with Gasteiger partial charge in [-0.05, 0) is 19.8 Å². The maximum Gasteiger partial charge on any atom is 0.225 e. The van der Waals surface area contributed by atoms with Gasteiger partial charge in [-0.3, -0.25) is 4.79 Å². The van der Waals surface area contributed by atoms with Gasteiger partial charge >= 0.3 is 0 Å². The van der Waals surface area contributed by atoms with E-state index in [1.165, 1.54) is 0 Å². The monoisotopic (exact) mass is 212 g/mol. The number of rotatable bonds is 1. The number of hydrogen-bond donors (Lipinski definition) is 1. The molecule has 1 N–H and O–H groups in total. The highest BCUT2D eigenvalue weighted by molar-refractivity contribution is 5.79. The fourth-order valence-electron chi connectivity index (χ4n) is 2.34. The van der Waals surface area contributed by atoms with Gasteiger partial charge in [0, 0.05) is 44.8 Å². The summed E-state index contributed by atoms with van der Waals surface area (Å²) < 4.78 is 5.28. The average molecular weight is 212 g/mol. The van der Waals surface area contributed by atoms with Crippen LogP contribution in [-0.2, 0) is 9.53 Å². The zero-order chi connectivity index (χ0) is 10.7. The van der Waals surface area contributed by atoms with Crippen LogP contribution < -0.4 is 5.32 Å². The lowest BCUT2D eigenvalue weighted by atomic mass is 9.98. The number of nitrogens with one attached hydrogen (secondary N) is 1. The Bertz CT molecular complexity index is 227. The highest BCUT2D eigenvalue weighted by Gasteiger charge is 2.28. The lowest BCUT2D eigenvalue weighted by Gasteiger charge is -2.35. The van der Waals surface area contributed by atoms with Crippen LogP contribution in [0, 0.1) is 5.92 Å². The van der Waals surface area contributed by atoms with Gasteiger partial charge in [-0.2, -0.15) is 0 Å². The van der Waals surface area contributed by atoms with Gasteiger partial charge in [0.1, 0.15) is 0 Å². The molecule has 0 aromatic carbocycles. The fraction of sp³-hybridized carbons (Fsp3) is 0.909. The van der Waals surface area contributed by atoms with Gasteiger partial charge in [-0.25, -0.2) is 0 Å². The van der Waals surface area contributed by atoms with Crippen molar-refractivity contribution in [2.75, 3.05) is 32.8 Å². The minimum Gasteiger partial charge on any atom is -0.381 e. The molecule has 2 aliphatic rings. The molecule has 2 saturated heterocycles. The summed E-state index contributed by atoms with van der Waals surface area (Å²) in [5, 5.41) is 3.35. The van der Waals surface area contributed by atoms with E-state index in [9.17, 15) is 4.79 Å². The lowest BCUT2D eigenvalue weighted by Crippen LogP contribution is -2.53. The van der Waals surface area contributed by atoms with E-state index in [1.54, 1.807) is 0 Å². The van der Waals surface area contributed by atoms with Gasteiger partial charge in [0.25, 0.3) is 0 Å². The predicted molar refractivity (Wildman–Crippen MR) is 57.6 cm³/mol. The maximum absolute atomic E-state index is 12.1. The molecule has 0 aliphatic carbocycles. The minimum absolute atomic E-state index is 0.212. The average Bonchev–Trinajstić information content (AvgIpc) is 2.29. The smallest absolute Gasteiger partial charge is 0.225 e. The zero-order valence-electron chi connectivity index (χ0n) is 9.37. The van der Waals surface area contributed by atoms with Crippen LogP contribution in [0.5, 0.6) is 0 Å². The Morgan fingerprint density at radius 1 is 1.40 bits per heavy atom. The molecule has 0 spiro atoms. The SMILES string of the molecule is CC1CN(C(=O)C2CCOCC2)CCN1. The molecule has 2 fully saturated rings. The van der Waals surface area contributed by atoms with E-state index >= 15 is 0 Å². The maximum atomic E-state index is 12.1. The van der Waals surface area contributed by atoms with E-state index in [0.717, 1.165) is 45.7 Å². The number of carbonyl (C=O) groups excluding carboxylic acids is 1. The molecule has 0 bridgehead atoms. The third kappa shape index (κ3) is 2.69. The van der Waals surface area contributed by atoms with Crippen molar-refractivity contribution in [3.63, 3.8) is 0 Å². The first-order valence-corrected chi connectivity index (χ1v) is 5.87. The highest BCUT2D eigenvalue weighted by atomic mass is 16.5. The Morgan fingerprint density at radius 3 is 2.80 bits per heavy atom. The van der Waals surface area contributed by atoms with Crippen molar-refractivity contribution in [3.8, 4) is 0 Å². The molecule has 0 radical (unpaired) electrons. The number of carbonyl (C=O) groups is 1.